The molecule has 5 heteroatoms. The van der Waals surface area contributed by atoms with E-state index in [4.69, 9.17) is 4.74 Å². The van der Waals surface area contributed by atoms with Crippen molar-refractivity contribution in [3.05, 3.63) is 69.2 Å². The minimum absolute atomic E-state index is 0.00175. The van der Waals surface area contributed by atoms with Crippen molar-refractivity contribution >= 4 is 33.4 Å². The molecular formula is C23H24BrNO3. The van der Waals surface area contributed by atoms with Crippen LogP contribution in [0.5, 0.6) is 11.5 Å². The highest BCUT2D eigenvalue weighted by Crippen LogP contribution is 2.40. The van der Waals surface area contributed by atoms with Crippen molar-refractivity contribution in [2.24, 2.45) is 0 Å². The Morgan fingerprint density at radius 2 is 2.00 bits per heavy atom. The van der Waals surface area contributed by atoms with E-state index in [1.165, 1.54) is 13.2 Å². The second-order valence-corrected chi connectivity index (χ2v) is 7.90. The maximum atomic E-state index is 12.9. The minimum Gasteiger partial charge on any atom is -0.506 e. The van der Waals surface area contributed by atoms with Gasteiger partial charge in [0.1, 0.15) is 17.1 Å². The van der Waals surface area contributed by atoms with Gasteiger partial charge in [-0.05, 0) is 61.4 Å². The van der Waals surface area contributed by atoms with Gasteiger partial charge in [0.25, 0.3) is 0 Å². The van der Waals surface area contributed by atoms with E-state index in [1.54, 1.807) is 6.08 Å². The molecule has 0 spiro atoms. The van der Waals surface area contributed by atoms with Crippen LogP contribution in [-0.4, -0.2) is 43.0 Å². The van der Waals surface area contributed by atoms with Crippen LogP contribution in [0, 0.1) is 6.92 Å². The summed E-state index contributed by atoms with van der Waals surface area (Å²) in [6.07, 6.45) is 6.16. The first-order valence-corrected chi connectivity index (χ1v) is 9.96. The summed E-state index contributed by atoms with van der Waals surface area (Å²) in [7, 11) is 3.58. The van der Waals surface area contributed by atoms with Crippen molar-refractivity contribution in [3.63, 3.8) is 0 Å². The molecule has 1 aliphatic heterocycles. The largest absolute Gasteiger partial charge is 0.506 e. The number of aryl methyl sites for hydroxylation is 1. The number of carbonyl (C=O) groups excluding carboxylic acids is 1. The van der Waals surface area contributed by atoms with Crippen molar-refractivity contribution in [2.45, 2.75) is 13.3 Å². The highest BCUT2D eigenvalue weighted by molar-refractivity contribution is 9.10. The molecule has 146 valence electrons. The lowest BCUT2D eigenvalue weighted by atomic mass is 9.91. The predicted octanol–water partition coefficient (Wildman–Crippen LogP) is 5.09. The number of likely N-dealkylation sites (N-methyl/N-ethyl adjacent to an activating group) is 1. The molecule has 1 aliphatic rings. The van der Waals surface area contributed by atoms with Crippen LogP contribution in [0.1, 0.15) is 33.5 Å². The van der Waals surface area contributed by atoms with E-state index in [-0.39, 0.29) is 17.1 Å². The summed E-state index contributed by atoms with van der Waals surface area (Å²) in [5.74, 6) is 0.0999. The minimum atomic E-state index is -0.285. The third-order valence-electron chi connectivity index (χ3n) is 4.96. The fourth-order valence-corrected chi connectivity index (χ4v) is 3.67. The van der Waals surface area contributed by atoms with Gasteiger partial charge in [-0.25, -0.2) is 0 Å². The summed E-state index contributed by atoms with van der Waals surface area (Å²) in [6, 6.07) is 9.48. The van der Waals surface area contributed by atoms with Crippen LogP contribution in [0.25, 0.3) is 11.6 Å². The molecule has 0 atom stereocenters. The number of ketones is 1. The number of phenolic OH excluding ortho intramolecular Hbond substituents is 1. The van der Waals surface area contributed by atoms with E-state index < -0.39 is 0 Å². The van der Waals surface area contributed by atoms with Gasteiger partial charge in [0, 0.05) is 23.1 Å². The summed E-state index contributed by atoms with van der Waals surface area (Å²) < 4.78 is 6.38. The number of rotatable bonds is 5. The highest BCUT2D eigenvalue weighted by atomic mass is 79.9. The summed E-state index contributed by atoms with van der Waals surface area (Å²) >= 11 is 3.40. The second-order valence-electron chi connectivity index (χ2n) is 6.99. The van der Waals surface area contributed by atoms with Gasteiger partial charge in [-0.2, -0.15) is 0 Å². The monoisotopic (exact) mass is 441 g/mol. The molecule has 0 unspecified atom stereocenters. The van der Waals surface area contributed by atoms with Crippen LogP contribution in [-0.2, 0) is 0 Å². The summed E-state index contributed by atoms with van der Waals surface area (Å²) in [4.78, 5) is 15.1. The van der Waals surface area contributed by atoms with Crippen molar-refractivity contribution < 1.29 is 14.6 Å². The maximum Gasteiger partial charge on any atom is 0.193 e. The molecule has 2 aromatic rings. The Kier molecular flexibility index (Phi) is 6.37. The maximum absolute atomic E-state index is 12.9. The van der Waals surface area contributed by atoms with E-state index in [0.29, 0.717) is 5.75 Å². The number of carbonyl (C=O) groups is 1. The van der Waals surface area contributed by atoms with Crippen LogP contribution < -0.4 is 4.74 Å². The smallest absolute Gasteiger partial charge is 0.193 e. The molecule has 0 aliphatic carbocycles. The number of methoxy groups -OCH3 is 1. The average molecular weight is 442 g/mol. The number of halogens is 1. The van der Waals surface area contributed by atoms with Crippen LogP contribution in [0.15, 0.2) is 47.0 Å². The molecule has 1 N–H and O–H groups in total. The van der Waals surface area contributed by atoms with Crippen molar-refractivity contribution in [1.82, 2.24) is 4.90 Å². The van der Waals surface area contributed by atoms with Gasteiger partial charge in [-0.15, -0.1) is 0 Å². The lowest BCUT2D eigenvalue weighted by molar-refractivity contribution is 0.104. The second kappa shape index (κ2) is 8.76. The van der Waals surface area contributed by atoms with E-state index in [2.05, 4.69) is 34.0 Å². The Bertz CT molecular complexity index is 945. The van der Waals surface area contributed by atoms with Gasteiger partial charge in [-0.3, -0.25) is 4.79 Å². The lowest BCUT2D eigenvalue weighted by Gasteiger charge is -2.24. The predicted molar refractivity (Wildman–Crippen MR) is 117 cm³/mol. The third kappa shape index (κ3) is 4.37. The van der Waals surface area contributed by atoms with Crippen LogP contribution in [0.2, 0.25) is 0 Å². The zero-order chi connectivity index (χ0) is 20.3. The molecule has 1 heterocycles. The number of benzene rings is 2. The van der Waals surface area contributed by atoms with Gasteiger partial charge in [-0.1, -0.05) is 40.2 Å². The molecule has 2 aromatic carbocycles. The molecule has 4 nitrogen and oxygen atoms in total. The first-order chi connectivity index (χ1) is 13.4. The number of ether oxygens (including phenoxy) is 1. The fraction of sp³-hybridized carbons (Fsp3) is 0.261. The third-order valence-corrected chi connectivity index (χ3v) is 5.49. The van der Waals surface area contributed by atoms with E-state index >= 15 is 0 Å². The first-order valence-electron chi connectivity index (χ1n) is 9.17. The van der Waals surface area contributed by atoms with Crippen molar-refractivity contribution in [2.75, 3.05) is 27.2 Å². The molecule has 0 radical (unpaired) electrons. The van der Waals surface area contributed by atoms with Gasteiger partial charge in [0.05, 0.1) is 7.11 Å². The number of allylic oxidation sites excluding steroid dienone is 1. The van der Waals surface area contributed by atoms with E-state index in [9.17, 15) is 9.90 Å². The van der Waals surface area contributed by atoms with Crippen LogP contribution >= 0.6 is 15.9 Å². The first kappa shape index (κ1) is 20.4. The molecule has 0 aromatic heterocycles. The Hall–Kier alpha value is -2.37. The lowest BCUT2D eigenvalue weighted by Crippen LogP contribution is -2.24. The number of phenols is 1. The average Bonchev–Trinajstić information content (AvgIpc) is 2.68. The molecular weight excluding hydrogens is 418 g/mol. The molecule has 0 bridgehead atoms. The van der Waals surface area contributed by atoms with Crippen molar-refractivity contribution in [3.8, 4) is 11.5 Å². The molecule has 3 rings (SSSR count). The number of aromatic hydroxyl groups is 1. The Morgan fingerprint density at radius 1 is 1.29 bits per heavy atom. The molecule has 0 saturated carbocycles. The van der Waals surface area contributed by atoms with Crippen LogP contribution in [0.3, 0.4) is 0 Å². The Labute approximate surface area is 174 Å². The molecule has 0 saturated heterocycles. The molecule has 28 heavy (non-hydrogen) atoms. The summed E-state index contributed by atoms with van der Waals surface area (Å²) in [5.41, 5.74) is 3.83. The topological polar surface area (TPSA) is 49.8 Å². The quantitative estimate of drug-likeness (QED) is 0.518. The molecule has 0 fully saturated rings. The SMILES string of the molecule is COc1cc(C)c(C2=CCN(C)CC2)c(O)c1C(=O)/C=C/c1ccc(Br)cc1. The Balaban J connectivity index is 2.00. The van der Waals surface area contributed by atoms with Gasteiger partial charge in [0.2, 0.25) is 0 Å². The standard InChI is InChI=1S/C23H24BrNO3/c1-15-14-20(28-3)22(19(26)9-6-16-4-7-18(24)8-5-16)23(27)21(15)17-10-12-25(2)13-11-17/h4-10,14,27H,11-13H2,1-3H3/b9-6+. The normalized spacial score (nSPS) is 14.9. The summed E-state index contributed by atoms with van der Waals surface area (Å²) in [5, 5.41) is 11.0. The van der Waals surface area contributed by atoms with E-state index in [1.807, 2.05) is 37.3 Å². The number of hydrogen-bond donors (Lipinski definition) is 1. The number of nitrogens with zero attached hydrogens (tertiary/aromatic N) is 1. The van der Waals surface area contributed by atoms with Gasteiger partial charge in [0.15, 0.2) is 5.78 Å². The molecule has 0 amide bonds. The summed E-state index contributed by atoms with van der Waals surface area (Å²) in [6.45, 7) is 3.68. The van der Waals surface area contributed by atoms with Gasteiger partial charge >= 0.3 is 0 Å². The van der Waals surface area contributed by atoms with Crippen LogP contribution in [0.4, 0.5) is 0 Å². The Morgan fingerprint density at radius 3 is 2.61 bits per heavy atom. The zero-order valence-corrected chi connectivity index (χ0v) is 17.9. The van der Waals surface area contributed by atoms with Gasteiger partial charge < -0.3 is 14.7 Å². The zero-order valence-electron chi connectivity index (χ0n) is 16.3. The van der Waals surface area contributed by atoms with E-state index in [0.717, 1.165) is 46.2 Å². The fourth-order valence-electron chi connectivity index (χ4n) is 3.40. The van der Waals surface area contributed by atoms with Crippen molar-refractivity contribution in [1.29, 1.82) is 0 Å². The highest BCUT2D eigenvalue weighted by Gasteiger charge is 2.24. The number of hydrogen-bond acceptors (Lipinski definition) is 4.